The molecule has 0 aliphatic carbocycles. The third-order valence-corrected chi connectivity index (χ3v) is 0.365. The second kappa shape index (κ2) is 15.9. The van der Waals surface area contributed by atoms with Crippen LogP contribution in [-0.2, 0) is 0 Å². The van der Waals surface area contributed by atoms with Gasteiger partial charge in [-0.1, -0.05) is 6.92 Å². The molecule has 0 saturated carbocycles. The van der Waals surface area contributed by atoms with E-state index in [1.54, 1.807) is 7.05 Å². The summed E-state index contributed by atoms with van der Waals surface area (Å²) >= 11 is 0. The van der Waals surface area contributed by atoms with Crippen LogP contribution in [0.3, 0.4) is 0 Å². The maximum absolute atomic E-state index is 3.73. The number of nitrogens with zero attached hydrogens (tertiary/aromatic N) is 1. The largest absolute Gasteiger partial charge is 0.301 e. The number of aliphatic imine (C=N–C) groups is 1. The maximum atomic E-state index is 3.73. The highest BCUT2D eigenvalue weighted by molar-refractivity contribution is 8.93. The summed E-state index contributed by atoms with van der Waals surface area (Å²) in [6.45, 7) is 2.06. The van der Waals surface area contributed by atoms with E-state index < -0.39 is 0 Å². The molecule has 0 aromatic rings. The number of halogens is 2. The van der Waals surface area contributed by atoms with Gasteiger partial charge in [-0.3, -0.25) is 0 Å². The zero-order chi connectivity index (χ0) is 4.12. The van der Waals surface area contributed by atoms with Gasteiger partial charge in [0.1, 0.15) is 0 Å². The summed E-state index contributed by atoms with van der Waals surface area (Å²) in [4.78, 5) is 3.73. The Bertz CT molecular complexity index is 36.7. The van der Waals surface area contributed by atoms with Gasteiger partial charge in [0, 0.05) is 7.05 Å². The average Bonchev–Trinajstić information content (AvgIpc) is 1.41. The first-order chi connectivity index (χ1) is 2.41. The Morgan fingerprint density at radius 2 is 1.86 bits per heavy atom. The van der Waals surface area contributed by atoms with Gasteiger partial charge in [-0.2, -0.15) is 0 Å². The lowest BCUT2D eigenvalue weighted by molar-refractivity contribution is 1.29. The monoisotopic (exact) mass is 231 g/mol. The summed E-state index contributed by atoms with van der Waals surface area (Å²) in [7, 11) is 1.78. The SMILES string of the molecule is Br.Br.CCC=NC. The molecule has 0 radical (unpaired) electrons. The quantitative estimate of drug-likeness (QED) is 0.616. The van der Waals surface area contributed by atoms with Gasteiger partial charge in [0.05, 0.1) is 0 Å². The Balaban J connectivity index is -0.0000000800. The molecule has 7 heavy (non-hydrogen) atoms. The highest BCUT2D eigenvalue weighted by atomic mass is 79.9. The van der Waals surface area contributed by atoms with Crippen molar-refractivity contribution in [3.05, 3.63) is 0 Å². The summed E-state index contributed by atoms with van der Waals surface area (Å²) < 4.78 is 0. The summed E-state index contributed by atoms with van der Waals surface area (Å²) in [5.74, 6) is 0. The highest BCUT2D eigenvalue weighted by Crippen LogP contribution is 1.60. The summed E-state index contributed by atoms with van der Waals surface area (Å²) in [6, 6.07) is 0. The average molecular weight is 233 g/mol. The minimum absolute atomic E-state index is 0. The smallest absolute Gasteiger partial charge is 0.0273 e. The highest BCUT2D eigenvalue weighted by Gasteiger charge is 1.53. The van der Waals surface area contributed by atoms with E-state index in [1.807, 2.05) is 6.21 Å². The predicted molar refractivity (Wildman–Crippen MR) is 45.4 cm³/mol. The summed E-state index contributed by atoms with van der Waals surface area (Å²) in [6.07, 6.45) is 2.93. The van der Waals surface area contributed by atoms with Gasteiger partial charge in [-0.05, 0) is 12.6 Å². The predicted octanol–water partition coefficient (Wildman–Crippen LogP) is 2.25. The Morgan fingerprint density at radius 1 is 1.43 bits per heavy atom. The van der Waals surface area contributed by atoms with E-state index in [4.69, 9.17) is 0 Å². The molecule has 46 valence electrons. The van der Waals surface area contributed by atoms with Crippen LogP contribution in [0.2, 0.25) is 0 Å². The van der Waals surface area contributed by atoms with Crippen molar-refractivity contribution in [2.75, 3.05) is 7.05 Å². The number of hydrogen-bond acceptors (Lipinski definition) is 1. The van der Waals surface area contributed by atoms with Gasteiger partial charge in [0.2, 0.25) is 0 Å². The second-order valence-corrected chi connectivity index (χ2v) is 0.849. The van der Waals surface area contributed by atoms with Crippen LogP contribution < -0.4 is 0 Å². The van der Waals surface area contributed by atoms with E-state index in [1.165, 1.54) is 0 Å². The lowest BCUT2D eigenvalue weighted by atomic mass is 10.5. The van der Waals surface area contributed by atoms with Gasteiger partial charge >= 0.3 is 0 Å². The molecule has 0 unspecified atom stereocenters. The van der Waals surface area contributed by atoms with Crippen molar-refractivity contribution in [3.8, 4) is 0 Å². The van der Waals surface area contributed by atoms with Gasteiger partial charge in [-0.25, -0.2) is 0 Å². The normalized spacial score (nSPS) is 7.14. The van der Waals surface area contributed by atoms with Crippen LogP contribution in [0.15, 0.2) is 4.99 Å². The van der Waals surface area contributed by atoms with Gasteiger partial charge in [0.25, 0.3) is 0 Å². The molecular weight excluding hydrogens is 222 g/mol. The van der Waals surface area contributed by atoms with Crippen molar-refractivity contribution in [3.63, 3.8) is 0 Å². The molecule has 0 aliphatic heterocycles. The van der Waals surface area contributed by atoms with Crippen LogP contribution in [0, 0.1) is 0 Å². The Kier molecular flexibility index (Phi) is 35.6. The molecule has 0 rings (SSSR count). The Morgan fingerprint density at radius 3 is 1.86 bits per heavy atom. The van der Waals surface area contributed by atoms with Crippen molar-refractivity contribution < 1.29 is 0 Å². The standard InChI is InChI=1S/C4H9N.2BrH/c1-3-4-5-2;;/h4H,3H2,1-2H3;2*1H. The lowest BCUT2D eigenvalue weighted by Gasteiger charge is -1.65. The maximum Gasteiger partial charge on any atom is 0.0273 e. The molecule has 3 heteroatoms. The van der Waals surface area contributed by atoms with Crippen LogP contribution in [0.4, 0.5) is 0 Å². The van der Waals surface area contributed by atoms with E-state index >= 15 is 0 Å². The molecule has 0 aromatic carbocycles. The molecule has 1 nitrogen and oxygen atoms in total. The van der Waals surface area contributed by atoms with Crippen LogP contribution in [0.5, 0.6) is 0 Å². The zero-order valence-corrected chi connectivity index (χ0v) is 7.97. The van der Waals surface area contributed by atoms with E-state index in [2.05, 4.69) is 11.9 Å². The van der Waals surface area contributed by atoms with Gasteiger partial charge in [-0.15, -0.1) is 34.0 Å². The van der Waals surface area contributed by atoms with Crippen molar-refractivity contribution >= 4 is 40.2 Å². The van der Waals surface area contributed by atoms with Crippen LogP contribution >= 0.6 is 34.0 Å². The molecule has 0 saturated heterocycles. The molecule has 0 N–H and O–H groups in total. The van der Waals surface area contributed by atoms with Gasteiger partial charge < -0.3 is 4.99 Å². The summed E-state index contributed by atoms with van der Waals surface area (Å²) in [5.41, 5.74) is 0. The van der Waals surface area contributed by atoms with Crippen LogP contribution in [-0.4, -0.2) is 13.3 Å². The zero-order valence-electron chi connectivity index (χ0n) is 4.55. The molecule has 0 atom stereocenters. The molecular formula is C4H11Br2N. The van der Waals surface area contributed by atoms with E-state index in [-0.39, 0.29) is 34.0 Å². The minimum Gasteiger partial charge on any atom is -0.301 e. The summed E-state index contributed by atoms with van der Waals surface area (Å²) in [5, 5.41) is 0. The first kappa shape index (κ1) is 15.6. The first-order valence-corrected chi connectivity index (χ1v) is 1.82. The van der Waals surface area contributed by atoms with Crippen LogP contribution in [0.25, 0.3) is 0 Å². The lowest BCUT2D eigenvalue weighted by Crippen LogP contribution is -1.60. The minimum atomic E-state index is 0. The van der Waals surface area contributed by atoms with Crippen molar-refractivity contribution in [1.82, 2.24) is 0 Å². The number of rotatable bonds is 1. The van der Waals surface area contributed by atoms with Gasteiger partial charge in [0.15, 0.2) is 0 Å². The van der Waals surface area contributed by atoms with Crippen molar-refractivity contribution in [2.45, 2.75) is 13.3 Å². The fourth-order valence-corrected chi connectivity index (χ4v) is 0.183. The fourth-order valence-electron chi connectivity index (χ4n) is 0.183. The fraction of sp³-hybridized carbons (Fsp3) is 0.750. The number of hydrogen-bond donors (Lipinski definition) is 0. The third kappa shape index (κ3) is 20.5. The first-order valence-electron chi connectivity index (χ1n) is 1.82. The molecule has 0 aliphatic rings. The molecule has 0 spiro atoms. The van der Waals surface area contributed by atoms with Crippen molar-refractivity contribution in [2.24, 2.45) is 4.99 Å². The third-order valence-electron chi connectivity index (χ3n) is 0.365. The van der Waals surface area contributed by atoms with Crippen molar-refractivity contribution in [1.29, 1.82) is 0 Å². The van der Waals surface area contributed by atoms with E-state index in [0.29, 0.717) is 0 Å². The molecule has 0 aromatic heterocycles. The molecule has 0 heterocycles. The Hall–Kier alpha value is 0.630. The van der Waals surface area contributed by atoms with Crippen LogP contribution in [0.1, 0.15) is 13.3 Å². The van der Waals surface area contributed by atoms with E-state index in [0.717, 1.165) is 6.42 Å². The van der Waals surface area contributed by atoms with E-state index in [9.17, 15) is 0 Å². The Labute approximate surface area is 65.8 Å². The second-order valence-electron chi connectivity index (χ2n) is 0.849. The molecule has 0 fully saturated rings. The topological polar surface area (TPSA) is 12.4 Å². The molecule has 0 amide bonds. The molecule has 0 bridgehead atoms.